The van der Waals surface area contributed by atoms with Gasteiger partial charge < -0.3 is 15.0 Å². The second kappa shape index (κ2) is 7.84. The lowest BCUT2D eigenvalue weighted by Crippen LogP contribution is -2.37. The highest BCUT2D eigenvalue weighted by Gasteiger charge is 2.23. The van der Waals surface area contributed by atoms with E-state index in [0.717, 1.165) is 35.8 Å². The van der Waals surface area contributed by atoms with E-state index in [-0.39, 0.29) is 30.8 Å². The normalized spacial score (nSPS) is 20.2. The molecule has 1 aromatic carbocycles. The standard InChI is InChI=1S/C17H22N2O3S/c20-16(18-12-13-4-3-10-22-13)7-8-17(21)19-9-11-23-15-6-2-1-5-14(15)19/h1-2,5-6,13H,3-4,7-12H2,(H,18,20)/t13-/m0/s1. The maximum absolute atomic E-state index is 12.4. The summed E-state index contributed by atoms with van der Waals surface area (Å²) in [6.45, 7) is 2.04. The van der Waals surface area contributed by atoms with Crippen molar-refractivity contribution in [1.82, 2.24) is 5.32 Å². The number of anilines is 1. The van der Waals surface area contributed by atoms with Gasteiger partial charge in [-0.3, -0.25) is 9.59 Å². The summed E-state index contributed by atoms with van der Waals surface area (Å²) in [4.78, 5) is 27.3. The molecule has 0 bridgehead atoms. The molecule has 0 spiro atoms. The number of rotatable bonds is 5. The van der Waals surface area contributed by atoms with Crippen LogP contribution < -0.4 is 10.2 Å². The Bertz CT molecular complexity index is 573. The maximum atomic E-state index is 12.4. The highest BCUT2D eigenvalue weighted by molar-refractivity contribution is 7.99. The molecule has 1 saturated heterocycles. The van der Waals surface area contributed by atoms with E-state index in [0.29, 0.717) is 13.1 Å². The smallest absolute Gasteiger partial charge is 0.227 e. The molecule has 124 valence electrons. The van der Waals surface area contributed by atoms with Gasteiger partial charge in [0.2, 0.25) is 11.8 Å². The van der Waals surface area contributed by atoms with E-state index in [1.54, 1.807) is 16.7 Å². The first-order valence-corrected chi connectivity index (χ1v) is 9.13. The first-order chi connectivity index (χ1) is 11.2. The number of nitrogens with one attached hydrogen (secondary N) is 1. The molecule has 0 radical (unpaired) electrons. The summed E-state index contributed by atoms with van der Waals surface area (Å²) in [6, 6.07) is 7.93. The van der Waals surface area contributed by atoms with Crippen molar-refractivity contribution < 1.29 is 14.3 Å². The molecule has 1 atom stereocenters. The second-order valence-corrected chi connectivity index (χ2v) is 6.94. The second-order valence-electron chi connectivity index (χ2n) is 5.80. The van der Waals surface area contributed by atoms with E-state index in [2.05, 4.69) is 5.32 Å². The average Bonchev–Trinajstić information content (AvgIpc) is 3.11. The van der Waals surface area contributed by atoms with Gasteiger partial charge in [-0.2, -0.15) is 0 Å². The highest BCUT2D eigenvalue weighted by Crippen LogP contribution is 2.34. The van der Waals surface area contributed by atoms with Crippen molar-refractivity contribution in [1.29, 1.82) is 0 Å². The number of ether oxygens (including phenoxy) is 1. The Hall–Kier alpha value is -1.53. The minimum Gasteiger partial charge on any atom is -0.376 e. The molecule has 1 fully saturated rings. The summed E-state index contributed by atoms with van der Waals surface area (Å²) in [7, 11) is 0. The molecule has 2 heterocycles. The Morgan fingerprint density at radius 2 is 2.17 bits per heavy atom. The molecule has 2 aliphatic rings. The van der Waals surface area contributed by atoms with Crippen molar-refractivity contribution >= 4 is 29.3 Å². The summed E-state index contributed by atoms with van der Waals surface area (Å²) < 4.78 is 5.47. The topological polar surface area (TPSA) is 58.6 Å². The fraction of sp³-hybridized carbons (Fsp3) is 0.529. The zero-order chi connectivity index (χ0) is 16.1. The number of hydrogen-bond donors (Lipinski definition) is 1. The van der Waals surface area contributed by atoms with Crippen molar-refractivity contribution in [2.24, 2.45) is 0 Å². The molecule has 6 heteroatoms. The molecule has 0 aliphatic carbocycles. The van der Waals surface area contributed by atoms with Gasteiger partial charge in [0.05, 0.1) is 11.8 Å². The van der Waals surface area contributed by atoms with Crippen LogP contribution in [0.5, 0.6) is 0 Å². The van der Waals surface area contributed by atoms with E-state index in [1.165, 1.54) is 0 Å². The van der Waals surface area contributed by atoms with Crippen LogP contribution in [0, 0.1) is 0 Å². The molecule has 0 saturated carbocycles. The first kappa shape index (κ1) is 16.3. The summed E-state index contributed by atoms with van der Waals surface area (Å²) in [6.07, 6.45) is 2.68. The third-order valence-electron chi connectivity index (χ3n) is 4.15. The van der Waals surface area contributed by atoms with E-state index in [9.17, 15) is 9.59 Å². The minimum absolute atomic E-state index is 0.0185. The molecule has 23 heavy (non-hydrogen) atoms. The van der Waals surface area contributed by atoms with Gasteiger partial charge in [-0.25, -0.2) is 0 Å². The van der Waals surface area contributed by atoms with Gasteiger partial charge in [-0.05, 0) is 25.0 Å². The van der Waals surface area contributed by atoms with E-state index < -0.39 is 0 Å². The predicted molar refractivity (Wildman–Crippen MR) is 90.7 cm³/mol. The lowest BCUT2D eigenvalue weighted by atomic mass is 10.2. The quantitative estimate of drug-likeness (QED) is 0.897. The monoisotopic (exact) mass is 334 g/mol. The Morgan fingerprint density at radius 3 is 3.00 bits per heavy atom. The third kappa shape index (κ3) is 4.26. The van der Waals surface area contributed by atoms with Gasteiger partial charge >= 0.3 is 0 Å². The molecule has 5 nitrogen and oxygen atoms in total. The molecular weight excluding hydrogens is 312 g/mol. The number of carbonyl (C=O) groups is 2. The fourth-order valence-electron chi connectivity index (χ4n) is 2.91. The SMILES string of the molecule is O=C(CCC(=O)N1CCSc2ccccc21)NC[C@@H]1CCCO1. The Labute approximate surface area is 140 Å². The van der Waals surface area contributed by atoms with Crippen LogP contribution in [-0.2, 0) is 14.3 Å². The van der Waals surface area contributed by atoms with Crippen molar-refractivity contribution in [2.75, 3.05) is 30.3 Å². The average molecular weight is 334 g/mol. The van der Waals surface area contributed by atoms with Crippen LogP contribution >= 0.6 is 11.8 Å². The molecule has 3 rings (SSSR count). The number of benzene rings is 1. The third-order valence-corrected chi connectivity index (χ3v) is 5.19. The number of hydrogen-bond acceptors (Lipinski definition) is 4. The van der Waals surface area contributed by atoms with Crippen LogP contribution in [0.4, 0.5) is 5.69 Å². The number of carbonyl (C=O) groups excluding carboxylic acids is 2. The summed E-state index contributed by atoms with van der Waals surface area (Å²) in [5.74, 6) is 0.840. The number of nitrogens with zero attached hydrogens (tertiary/aromatic N) is 1. The number of thioether (sulfide) groups is 1. The van der Waals surface area contributed by atoms with Crippen LogP contribution in [0.15, 0.2) is 29.2 Å². The molecule has 0 aromatic heterocycles. The zero-order valence-corrected chi connectivity index (χ0v) is 13.9. The van der Waals surface area contributed by atoms with Crippen LogP contribution in [0.1, 0.15) is 25.7 Å². The van der Waals surface area contributed by atoms with Crippen LogP contribution in [0.3, 0.4) is 0 Å². The summed E-state index contributed by atoms with van der Waals surface area (Å²) in [5.41, 5.74) is 0.966. The van der Waals surface area contributed by atoms with Gasteiger partial charge in [-0.1, -0.05) is 12.1 Å². The molecule has 0 unspecified atom stereocenters. The number of amides is 2. The zero-order valence-electron chi connectivity index (χ0n) is 13.1. The molecule has 1 N–H and O–H groups in total. The van der Waals surface area contributed by atoms with Gasteiger partial charge in [-0.15, -0.1) is 11.8 Å². The van der Waals surface area contributed by atoms with E-state index >= 15 is 0 Å². The lowest BCUT2D eigenvalue weighted by molar-refractivity contribution is -0.125. The van der Waals surface area contributed by atoms with Gasteiger partial charge in [0.1, 0.15) is 0 Å². The molecule has 2 amide bonds. The van der Waals surface area contributed by atoms with Gasteiger partial charge in [0.25, 0.3) is 0 Å². The molecular formula is C17H22N2O3S. The van der Waals surface area contributed by atoms with Gasteiger partial charge in [0.15, 0.2) is 0 Å². The first-order valence-electron chi connectivity index (χ1n) is 8.14. The predicted octanol–water partition coefficient (Wildman–Crippen LogP) is 2.20. The highest BCUT2D eigenvalue weighted by atomic mass is 32.2. The van der Waals surface area contributed by atoms with Crippen LogP contribution in [0.2, 0.25) is 0 Å². The van der Waals surface area contributed by atoms with E-state index in [1.807, 2.05) is 24.3 Å². The number of fused-ring (bicyclic) bond motifs is 1. The Morgan fingerprint density at radius 1 is 1.30 bits per heavy atom. The van der Waals surface area contributed by atoms with Crippen molar-refractivity contribution in [3.63, 3.8) is 0 Å². The van der Waals surface area contributed by atoms with Crippen LogP contribution in [-0.4, -0.2) is 43.4 Å². The molecule has 1 aromatic rings. The largest absolute Gasteiger partial charge is 0.376 e. The molecule has 2 aliphatic heterocycles. The Kier molecular flexibility index (Phi) is 5.56. The van der Waals surface area contributed by atoms with Crippen molar-refractivity contribution in [3.8, 4) is 0 Å². The van der Waals surface area contributed by atoms with E-state index in [4.69, 9.17) is 4.74 Å². The van der Waals surface area contributed by atoms with Crippen molar-refractivity contribution in [3.05, 3.63) is 24.3 Å². The maximum Gasteiger partial charge on any atom is 0.227 e. The van der Waals surface area contributed by atoms with Gasteiger partial charge in [0, 0.05) is 43.2 Å². The Balaban J connectivity index is 1.47. The minimum atomic E-state index is -0.0754. The summed E-state index contributed by atoms with van der Waals surface area (Å²) >= 11 is 1.77. The lowest BCUT2D eigenvalue weighted by Gasteiger charge is -2.29. The van der Waals surface area contributed by atoms with Crippen LogP contribution in [0.25, 0.3) is 0 Å². The van der Waals surface area contributed by atoms with Crippen molar-refractivity contribution in [2.45, 2.75) is 36.7 Å². The number of para-hydroxylation sites is 1. The summed E-state index contributed by atoms with van der Waals surface area (Å²) in [5, 5.41) is 2.86. The fourth-order valence-corrected chi connectivity index (χ4v) is 3.90.